The average molecular weight is 367 g/mol. The van der Waals surface area contributed by atoms with Crippen LogP contribution in [0.2, 0.25) is 0 Å². The van der Waals surface area contributed by atoms with Crippen LogP contribution in [-0.2, 0) is 14.8 Å². The van der Waals surface area contributed by atoms with Crippen LogP contribution in [0.1, 0.15) is 56.6 Å². The molecular weight excluding hydrogens is 336 g/mol. The molecule has 1 aromatic carbocycles. The molecule has 25 heavy (non-hydrogen) atoms. The molecule has 0 bridgehead atoms. The molecule has 0 radical (unpaired) electrons. The van der Waals surface area contributed by atoms with E-state index in [-0.39, 0.29) is 11.9 Å². The Morgan fingerprint density at radius 2 is 1.72 bits per heavy atom. The number of aryl methyl sites for hydroxylation is 2. The number of hydrogen-bond donors (Lipinski definition) is 1. The van der Waals surface area contributed by atoms with Gasteiger partial charge in [-0.3, -0.25) is 9.10 Å². The lowest BCUT2D eigenvalue weighted by atomic mass is 10.1. The highest BCUT2D eigenvalue weighted by Crippen LogP contribution is 2.24. The molecule has 2 rings (SSSR count). The van der Waals surface area contributed by atoms with Gasteiger partial charge in [0.25, 0.3) is 0 Å². The molecule has 1 saturated carbocycles. The fourth-order valence-corrected chi connectivity index (χ4v) is 4.58. The van der Waals surface area contributed by atoms with Crippen molar-refractivity contribution >= 4 is 21.6 Å². The van der Waals surface area contributed by atoms with Gasteiger partial charge in [0, 0.05) is 6.04 Å². The van der Waals surface area contributed by atoms with E-state index >= 15 is 0 Å². The normalized spacial score (nSPS) is 17.6. The number of anilines is 1. The third-order valence-corrected chi connectivity index (χ3v) is 6.28. The Morgan fingerprint density at radius 3 is 2.24 bits per heavy atom. The van der Waals surface area contributed by atoms with Gasteiger partial charge in [-0.25, -0.2) is 8.42 Å². The molecule has 1 aliphatic carbocycles. The van der Waals surface area contributed by atoms with E-state index in [1.54, 1.807) is 13.0 Å². The number of sulfonamides is 1. The maximum absolute atomic E-state index is 12.7. The summed E-state index contributed by atoms with van der Waals surface area (Å²) in [6.07, 6.45) is 7.75. The lowest BCUT2D eigenvalue weighted by molar-refractivity contribution is -0.122. The van der Waals surface area contributed by atoms with Crippen molar-refractivity contribution in [2.45, 2.75) is 71.4 Å². The predicted octanol–water partition coefficient (Wildman–Crippen LogP) is 3.30. The molecule has 0 saturated heterocycles. The Hall–Kier alpha value is -1.56. The molecule has 1 N–H and O–H groups in total. The molecule has 0 aliphatic heterocycles. The number of hydrogen-bond acceptors (Lipinski definition) is 3. The molecule has 0 heterocycles. The highest BCUT2D eigenvalue weighted by atomic mass is 32.2. The monoisotopic (exact) mass is 366 g/mol. The summed E-state index contributed by atoms with van der Waals surface area (Å²) in [5, 5.41) is 3.06. The summed E-state index contributed by atoms with van der Waals surface area (Å²) in [6.45, 7) is 5.57. The van der Waals surface area contributed by atoms with Gasteiger partial charge < -0.3 is 5.32 Å². The number of nitrogens with zero attached hydrogens (tertiary/aromatic N) is 1. The summed E-state index contributed by atoms with van der Waals surface area (Å²) in [7, 11) is -3.57. The fraction of sp³-hybridized carbons (Fsp3) is 0.632. The van der Waals surface area contributed by atoms with E-state index in [1.807, 2.05) is 26.0 Å². The first kappa shape index (κ1) is 19.8. The Labute approximate surface area is 151 Å². The SMILES string of the molecule is Cc1ccc(N(C(C)C(=O)NC2CCCCCC2)S(C)(=O)=O)cc1C. The Bertz CT molecular complexity index is 707. The van der Waals surface area contributed by atoms with Crippen LogP contribution in [0, 0.1) is 13.8 Å². The van der Waals surface area contributed by atoms with Crippen molar-refractivity contribution in [2.75, 3.05) is 10.6 Å². The summed E-state index contributed by atoms with van der Waals surface area (Å²) in [5.41, 5.74) is 2.63. The number of rotatable bonds is 5. The van der Waals surface area contributed by atoms with Gasteiger partial charge in [-0.15, -0.1) is 0 Å². The third-order valence-electron chi connectivity index (χ3n) is 5.04. The van der Waals surface area contributed by atoms with Gasteiger partial charge in [0.2, 0.25) is 15.9 Å². The molecular formula is C19H30N2O3S. The fourth-order valence-electron chi connectivity index (χ4n) is 3.42. The van der Waals surface area contributed by atoms with Crippen molar-refractivity contribution in [3.63, 3.8) is 0 Å². The molecule has 0 spiro atoms. The van der Waals surface area contributed by atoms with E-state index in [9.17, 15) is 13.2 Å². The second kappa shape index (κ2) is 8.21. The maximum atomic E-state index is 12.7. The zero-order valence-corrected chi connectivity index (χ0v) is 16.5. The smallest absolute Gasteiger partial charge is 0.243 e. The maximum Gasteiger partial charge on any atom is 0.243 e. The van der Waals surface area contributed by atoms with Crippen LogP contribution in [0.4, 0.5) is 5.69 Å². The van der Waals surface area contributed by atoms with Gasteiger partial charge in [0.15, 0.2) is 0 Å². The average Bonchev–Trinajstić information content (AvgIpc) is 2.78. The van der Waals surface area contributed by atoms with E-state index in [2.05, 4.69) is 5.32 Å². The first-order valence-electron chi connectivity index (χ1n) is 9.07. The van der Waals surface area contributed by atoms with Crippen LogP contribution in [0.3, 0.4) is 0 Å². The molecule has 1 amide bonds. The minimum Gasteiger partial charge on any atom is -0.352 e. The molecule has 1 aliphatic rings. The number of carbonyl (C=O) groups is 1. The van der Waals surface area contributed by atoms with Gasteiger partial charge in [-0.1, -0.05) is 31.7 Å². The van der Waals surface area contributed by atoms with Gasteiger partial charge in [0.1, 0.15) is 6.04 Å². The molecule has 1 fully saturated rings. The van der Waals surface area contributed by atoms with Gasteiger partial charge in [-0.05, 0) is 56.9 Å². The van der Waals surface area contributed by atoms with E-state index in [4.69, 9.17) is 0 Å². The minimum atomic E-state index is -3.57. The lowest BCUT2D eigenvalue weighted by Gasteiger charge is -2.30. The topological polar surface area (TPSA) is 66.5 Å². The summed E-state index contributed by atoms with van der Waals surface area (Å²) < 4.78 is 26.0. The Kier molecular flexibility index (Phi) is 6.49. The van der Waals surface area contributed by atoms with E-state index in [0.717, 1.165) is 43.1 Å². The van der Waals surface area contributed by atoms with E-state index in [1.165, 1.54) is 17.1 Å². The van der Waals surface area contributed by atoms with E-state index < -0.39 is 16.1 Å². The molecule has 1 unspecified atom stereocenters. The van der Waals surface area contributed by atoms with Crippen molar-refractivity contribution in [3.8, 4) is 0 Å². The molecule has 1 aromatic rings. The molecule has 5 nitrogen and oxygen atoms in total. The van der Waals surface area contributed by atoms with Crippen LogP contribution in [-0.4, -0.2) is 32.7 Å². The van der Waals surface area contributed by atoms with Crippen LogP contribution < -0.4 is 9.62 Å². The van der Waals surface area contributed by atoms with Crippen molar-refractivity contribution in [2.24, 2.45) is 0 Å². The number of nitrogens with one attached hydrogen (secondary N) is 1. The zero-order valence-electron chi connectivity index (χ0n) is 15.7. The van der Waals surface area contributed by atoms with Crippen molar-refractivity contribution in [1.29, 1.82) is 0 Å². The van der Waals surface area contributed by atoms with Crippen LogP contribution in [0.25, 0.3) is 0 Å². The Balaban J connectivity index is 2.21. The molecule has 140 valence electrons. The largest absolute Gasteiger partial charge is 0.352 e. The quantitative estimate of drug-likeness (QED) is 0.813. The first-order chi connectivity index (χ1) is 11.7. The first-order valence-corrected chi connectivity index (χ1v) is 10.9. The van der Waals surface area contributed by atoms with Crippen molar-refractivity contribution in [3.05, 3.63) is 29.3 Å². The second-order valence-electron chi connectivity index (χ2n) is 7.20. The van der Waals surface area contributed by atoms with Crippen LogP contribution in [0.15, 0.2) is 18.2 Å². The third kappa shape index (κ3) is 5.21. The number of benzene rings is 1. The van der Waals surface area contributed by atoms with Gasteiger partial charge >= 0.3 is 0 Å². The summed E-state index contributed by atoms with van der Waals surface area (Å²) in [5.74, 6) is -0.226. The minimum absolute atomic E-state index is 0.151. The number of carbonyl (C=O) groups excluding carboxylic acids is 1. The van der Waals surface area contributed by atoms with Gasteiger partial charge in [-0.2, -0.15) is 0 Å². The highest BCUT2D eigenvalue weighted by Gasteiger charge is 2.30. The highest BCUT2D eigenvalue weighted by molar-refractivity contribution is 7.92. The Morgan fingerprint density at radius 1 is 1.12 bits per heavy atom. The van der Waals surface area contributed by atoms with E-state index in [0.29, 0.717) is 5.69 Å². The summed E-state index contributed by atoms with van der Waals surface area (Å²) in [6, 6.07) is 4.85. The van der Waals surface area contributed by atoms with Crippen molar-refractivity contribution in [1.82, 2.24) is 5.32 Å². The lowest BCUT2D eigenvalue weighted by Crippen LogP contribution is -2.50. The van der Waals surface area contributed by atoms with Gasteiger partial charge in [0.05, 0.1) is 11.9 Å². The number of amides is 1. The summed E-state index contributed by atoms with van der Waals surface area (Å²) >= 11 is 0. The van der Waals surface area contributed by atoms with Crippen LogP contribution >= 0.6 is 0 Å². The molecule has 1 atom stereocenters. The van der Waals surface area contributed by atoms with Crippen LogP contribution in [0.5, 0.6) is 0 Å². The summed E-state index contributed by atoms with van der Waals surface area (Å²) in [4.78, 5) is 12.7. The second-order valence-corrected chi connectivity index (χ2v) is 9.06. The molecule has 0 aromatic heterocycles. The standard InChI is InChI=1S/C19H30N2O3S/c1-14-11-12-18(13-15(14)2)21(25(4,23)24)16(3)19(22)20-17-9-7-5-6-8-10-17/h11-13,16-17H,5-10H2,1-4H3,(H,20,22). The molecule has 6 heteroatoms. The van der Waals surface area contributed by atoms with Crippen molar-refractivity contribution < 1.29 is 13.2 Å². The predicted molar refractivity (Wildman–Crippen MR) is 102 cm³/mol. The zero-order chi connectivity index (χ0) is 18.6.